The monoisotopic (exact) mass is 887 g/mol. The lowest BCUT2D eigenvalue weighted by atomic mass is 9.95. The number of carbonyl (C=O) groups is 1. The van der Waals surface area contributed by atoms with Gasteiger partial charge >= 0.3 is 0 Å². The van der Waals surface area contributed by atoms with E-state index in [0.717, 1.165) is 35.2 Å². The fourth-order valence-corrected chi connectivity index (χ4v) is 7.35. The number of pyridine rings is 1. The Morgan fingerprint density at radius 2 is 1.58 bits per heavy atom. The van der Waals surface area contributed by atoms with Gasteiger partial charge in [-0.2, -0.15) is 0 Å². The zero-order valence-corrected chi connectivity index (χ0v) is 31.3. The molecule has 1 atom stereocenters. The minimum Gasteiger partial charge on any atom is -0.391 e. The number of hydrogen-bond donors (Lipinski definition) is 4. The summed E-state index contributed by atoms with van der Waals surface area (Å²) < 4.78 is 19.1. The van der Waals surface area contributed by atoms with Crippen molar-refractivity contribution in [3.05, 3.63) is 125 Å². The van der Waals surface area contributed by atoms with Crippen LogP contribution in [0.25, 0.3) is 11.1 Å². The van der Waals surface area contributed by atoms with E-state index in [2.05, 4.69) is 72.2 Å². The number of rotatable bonds is 9. The van der Waals surface area contributed by atoms with Crippen molar-refractivity contribution in [1.29, 1.82) is 0 Å². The van der Waals surface area contributed by atoms with Crippen molar-refractivity contribution in [2.45, 2.75) is 32.9 Å². The molecule has 1 saturated heterocycles. The molecule has 7 nitrogen and oxygen atoms in total. The fraction of sp³-hybridized carbons (Fsp3) is 0.189. The zero-order chi connectivity index (χ0) is 33.9. The predicted octanol–water partition coefficient (Wildman–Crippen LogP) is 9.36. The van der Waals surface area contributed by atoms with E-state index in [1.807, 2.05) is 67.3 Å². The maximum absolute atomic E-state index is 16.9. The van der Waals surface area contributed by atoms with E-state index < -0.39 is 17.8 Å². The van der Waals surface area contributed by atoms with Gasteiger partial charge in [0.15, 0.2) is 0 Å². The molecule has 4 aromatic carbocycles. The number of aromatic nitrogens is 1. The van der Waals surface area contributed by atoms with E-state index in [1.54, 1.807) is 24.5 Å². The van der Waals surface area contributed by atoms with Crippen molar-refractivity contribution < 1.29 is 14.3 Å². The predicted molar refractivity (Wildman–Crippen MR) is 209 cm³/mol. The van der Waals surface area contributed by atoms with Crippen LogP contribution in [0, 0.1) is 26.8 Å². The van der Waals surface area contributed by atoms with Gasteiger partial charge in [0.2, 0.25) is 0 Å². The number of aliphatic hydroxyl groups is 1. The molecule has 1 unspecified atom stereocenters. The van der Waals surface area contributed by atoms with Crippen LogP contribution in [0.5, 0.6) is 0 Å². The van der Waals surface area contributed by atoms with E-state index in [4.69, 9.17) is 11.6 Å². The molecular formula is C37H33ClFI2N5O2. The topological polar surface area (TPSA) is 89.5 Å². The second-order valence-corrected chi connectivity index (χ2v) is 14.7. The third-order valence-electron chi connectivity index (χ3n) is 8.34. The number of nitrogens with zero attached hydrogens (tertiary/aromatic N) is 2. The van der Waals surface area contributed by atoms with Gasteiger partial charge in [-0.05, 0) is 155 Å². The van der Waals surface area contributed by atoms with E-state index in [9.17, 15) is 9.90 Å². The average molecular weight is 888 g/mol. The second kappa shape index (κ2) is 15.0. The lowest BCUT2D eigenvalue weighted by Gasteiger charge is -2.29. The molecule has 4 N–H and O–H groups in total. The Balaban J connectivity index is 1.57. The quantitative estimate of drug-likeness (QED) is 0.111. The summed E-state index contributed by atoms with van der Waals surface area (Å²) in [6, 6.07) is 22.3. The largest absolute Gasteiger partial charge is 0.391 e. The molecular weight excluding hydrogens is 855 g/mol. The Labute approximate surface area is 311 Å². The number of halogens is 4. The van der Waals surface area contributed by atoms with Crippen LogP contribution >= 0.6 is 56.8 Å². The molecule has 1 aliphatic heterocycles. The molecule has 0 saturated carbocycles. The van der Waals surface area contributed by atoms with Crippen molar-refractivity contribution in [1.82, 2.24) is 10.3 Å². The van der Waals surface area contributed by atoms with Crippen molar-refractivity contribution in [3.63, 3.8) is 0 Å². The first-order chi connectivity index (χ1) is 23.1. The smallest absolute Gasteiger partial charge is 0.253 e. The molecule has 0 radical (unpaired) electrons. The molecule has 6 rings (SSSR count). The number of anilines is 5. The van der Waals surface area contributed by atoms with Gasteiger partial charge in [-0.15, -0.1) is 0 Å². The number of benzene rings is 4. The average Bonchev–Trinajstić information content (AvgIpc) is 3.49. The molecule has 0 bridgehead atoms. The van der Waals surface area contributed by atoms with Crippen molar-refractivity contribution in [2.24, 2.45) is 0 Å². The first-order valence-corrected chi connectivity index (χ1v) is 17.9. The zero-order valence-electron chi connectivity index (χ0n) is 26.3. The number of nitrogens with one attached hydrogen (secondary N) is 3. The summed E-state index contributed by atoms with van der Waals surface area (Å²) in [4.78, 5) is 20.0. The fourth-order valence-electron chi connectivity index (χ4n) is 5.88. The number of hydrogen-bond acceptors (Lipinski definition) is 6. The number of aliphatic hydroxyl groups excluding tert-OH is 1. The van der Waals surface area contributed by atoms with Crippen LogP contribution in [0.4, 0.5) is 32.8 Å². The number of carbonyl (C=O) groups excluding carboxylic acids is 1. The summed E-state index contributed by atoms with van der Waals surface area (Å²) >= 11 is 11.1. The van der Waals surface area contributed by atoms with E-state index in [1.165, 1.54) is 6.07 Å². The minimum atomic E-state index is -0.607. The Morgan fingerprint density at radius 3 is 2.21 bits per heavy atom. The molecule has 5 aromatic rings. The highest BCUT2D eigenvalue weighted by Crippen LogP contribution is 2.47. The molecule has 1 aliphatic rings. The van der Waals surface area contributed by atoms with Crippen LogP contribution in [0.2, 0.25) is 5.02 Å². The number of amides is 1. The first kappa shape index (κ1) is 34.4. The van der Waals surface area contributed by atoms with Crippen LogP contribution < -0.4 is 20.9 Å². The first-order valence-electron chi connectivity index (χ1n) is 15.4. The summed E-state index contributed by atoms with van der Waals surface area (Å²) in [5.41, 5.74) is 7.01. The van der Waals surface area contributed by atoms with Crippen molar-refractivity contribution in [2.75, 3.05) is 28.6 Å². The molecule has 0 spiro atoms. The minimum absolute atomic E-state index is 0.143. The maximum Gasteiger partial charge on any atom is 0.253 e. The van der Waals surface area contributed by atoms with Gasteiger partial charge in [0.05, 0.1) is 23.0 Å². The number of β-amino-alcohol motifs (C(OH)–C–C–N with tert-alkyl or cyclic N) is 1. The second-order valence-electron chi connectivity index (χ2n) is 11.8. The lowest BCUT2D eigenvalue weighted by molar-refractivity contribution is 0.0951. The van der Waals surface area contributed by atoms with Crippen LogP contribution in [-0.2, 0) is 6.54 Å². The van der Waals surface area contributed by atoms with Gasteiger partial charge < -0.3 is 26.0 Å². The summed E-state index contributed by atoms with van der Waals surface area (Å²) in [5.74, 6) is -1.03. The van der Waals surface area contributed by atoms with E-state index in [0.29, 0.717) is 40.6 Å². The van der Waals surface area contributed by atoms with Gasteiger partial charge in [0, 0.05) is 72.4 Å². The molecule has 1 aromatic heterocycles. The summed E-state index contributed by atoms with van der Waals surface area (Å²) in [5, 5.41) is 21.1. The summed E-state index contributed by atoms with van der Waals surface area (Å²) in [6.45, 7) is 4.98. The molecule has 48 heavy (non-hydrogen) atoms. The highest BCUT2D eigenvalue weighted by atomic mass is 127. The van der Waals surface area contributed by atoms with Crippen molar-refractivity contribution >= 4 is 91.1 Å². The molecule has 2 heterocycles. The molecule has 0 aliphatic carbocycles. The Morgan fingerprint density at radius 1 is 0.938 bits per heavy atom. The highest BCUT2D eigenvalue weighted by Gasteiger charge is 2.32. The van der Waals surface area contributed by atoms with Gasteiger partial charge in [0.25, 0.3) is 5.91 Å². The third kappa shape index (κ3) is 7.72. The third-order valence-corrected chi connectivity index (χ3v) is 9.91. The van der Waals surface area contributed by atoms with Crippen LogP contribution in [0.3, 0.4) is 0 Å². The van der Waals surface area contributed by atoms with E-state index >= 15 is 4.39 Å². The molecule has 246 valence electrons. The Kier molecular flexibility index (Phi) is 10.7. The van der Waals surface area contributed by atoms with Gasteiger partial charge in [-0.3, -0.25) is 9.78 Å². The SMILES string of the molecule is Cc1cc(I)ccc1Nc1ccc(Cl)cc1-c1c(F)cc(C(=O)NCc2ccncc2)c(Nc2ccc(I)cc2C)c1N1CCC(O)C1. The van der Waals surface area contributed by atoms with E-state index in [-0.39, 0.29) is 24.2 Å². The normalized spacial score (nSPS) is 14.2. The van der Waals surface area contributed by atoms with Crippen LogP contribution in [0.15, 0.2) is 85.2 Å². The molecule has 1 amide bonds. The lowest BCUT2D eigenvalue weighted by Crippen LogP contribution is -2.27. The Hall–Kier alpha value is -3.46. The molecule has 1 fully saturated rings. The number of aryl methyl sites for hydroxylation is 2. The summed E-state index contributed by atoms with van der Waals surface area (Å²) in [6.07, 6.45) is 3.22. The van der Waals surface area contributed by atoms with Gasteiger partial charge in [0.1, 0.15) is 5.82 Å². The maximum atomic E-state index is 16.9. The van der Waals surface area contributed by atoms with Crippen LogP contribution in [-0.4, -0.2) is 35.2 Å². The highest BCUT2D eigenvalue weighted by molar-refractivity contribution is 14.1. The standard InChI is InChI=1S/C37H33ClFI2N5O2/c1-21-15-25(40)4-7-31(21)44-33-6-3-24(38)17-28(33)34-30(39)18-29(37(48)43-19-23-9-12-42-13-10-23)35(36(34)46-14-11-27(47)20-46)45-32-8-5-26(41)16-22(32)2/h3-10,12-13,15-18,27,44-45,47H,11,14,19-20H2,1-2H3,(H,43,48). The summed E-state index contributed by atoms with van der Waals surface area (Å²) in [7, 11) is 0. The van der Waals surface area contributed by atoms with Gasteiger partial charge in [-0.25, -0.2) is 4.39 Å². The van der Waals surface area contributed by atoms with Crippen LogP contribution in [0.1, 0.15) is 33.5 Å². The van der Waals surface area contributed by atoms with Gasteiger partial charge in [-0.1, -0.05) is 11.6 Å². The molecule has 11 heteroatoms. The Bertz CT molecular complexity index is 2000. The van der Waals surface area contributed by atoms with Crippen molar-refractivity contribution in [3.8, 4) is 11.1 Å².